The van der Waals surface area contributed by atoms with E-state index in [0.717, 1.165) is 6.07 Å². The molecule has 0 heterocycles. The fourth-order valence-electron chi connectivity index (χ4n) is 2.22. The molecule has 0 aromatic heterocycles. The number of esters is 2. The van der Waals surface area contributed by atoms with Crippen LogP contribution in [0.25, 0.3) is 0 Å². The molecule has 0 bridgehead atoms. The maximum Gasteiger partial charge on any atom is 0.422 e. The largest absolute Gasteiger partial charge is 0.543 e. The zero-order valence-corrected chi connectivity index (χ0v) is 21.5. The van der Waals surface area contributed by atoms with Crippen molar-refractivity contribution < 1.29 is 50.5 Å². The summed E-state index contributed by atoms with van der Waals surface area (Å²) in [4.78, 5) is 22.7. The van der Waals surface area contributed by atoms with E-state index in [-0.39, 0.29) is 21.9 Å². The number of hydrogen-bond acceptors (Lipinski definition) is 6. The van der Waals surface area contributed by atoms with Crippen LogP contribution in [-0.4, -0.2) is 51.2 Å². The summed E-state index contributed by atoms with van der Waals surface area (Å²) in [5, 5.41) is 8.99. The van der Waals surface area contributed by atoms with Crippen molar-refractivity contribution in [1.29, 1.82) is 0 Å². The second-order valence-corrected chi connectivity index (χ2v) is 13.8. The van der Waals surface area contributed by atoms with Gasteiger partial charge in [0.25, 0.3) is 6.43 Å². The van der Waals surface area contributed by atoms with Crippen LogP contribution in [0.2, 0.25) is 18.1 Å². The van der Waals surface area contributed by atoms with Crippen LogP contribution in [-0.2, 0) is 9.47 Å². The lowest BCUT2D eigenvalue weighted by atomic mass is 10.2. The summed E-state index contributed by atoms with van der Waals surface area (Å²) in [5.74, 6) is -1.54. The summed E-state index contributed by atoms with van der Waals surface area (Å²) in [6.07, 6.45) is -7.22. The molecular formula is C24H29F5O6Si. The number of hydrogen-bond donors (Lipinski definition) is 1. The number of aromatic hydroxyl groups is 1. The van der Waals surface area contributed by atoms with Crippen molar-refractivity contribution >= 4 is 20.3 Å². The molecule has 0 spiro atoms. The van der Waals surface area contributed by atoms with Gasteiger partial charge in [-0.2, -0.15) is 13.2 Å². The zero-order valence-electron chi connectivity index (χ0n) is 20.5. The molecule has 0 amide bonds. The Morgan fingerprint density at radius 2 is 1.44 bits per heavy atom. The molecule has 200 valence electrons. The van der Waals surface area contributed by atoms with Crippen LogP contribution >= 0.6 is 0 Å². The van der Waals surface area contributed by atoms with Crippen molar-refractivity contribution in [2.45, 2.75) is 51.5 Å². The normalized spacial score (nSPS) is 11.9. The minimum Gasteiger partial charge on any atom is -0.543 e. The molecule has 36 heavy (non-hydrogen) atoms. The van der Waals surface area contributed by atoms with Crippen molar-refractivity contribution in [3.05, 3.63) is 59.7 Å². The molecule has 2 aromatic carbocycles. The average Bonchev–Trinajstić information content (AvgIpc) is 2.75. The number of phenolic OH excluding ortho intramolecular Hbond substituents is 1. The van der Waals surface area contributed by atoms with Crippen LogP contribution in [0.1, 0.15) is 41.5 Å². The first-order valence-corrected chi connectivity index (χ1v) is 13.6. The molecule has 0 fully saturated rings. The maximum absolute atomic E-state index is 12.0. The number of benzene rings is 2. The Kier molecular flexibility index (Phi) is 10.9. The molecule has 0 aliphatic rings. The number of carbonyl (C=O) groups is 2. The predicted octanol–water partition coefficient (Wildman–Crippen LogP) is 6.60. The third-order valence-corrected chi connectivity index (χ3v) is 9.40. The fourth-order valence-corrected chi connectivity index (χ4v) is 3.24. The van der Waals surface area contributed by atoms with Crippen LogP contribution in [0.15, 0.2) is 48.5 Å². The topological polar surface area (TPSA) is 82.1 Å². The van der Waals surface area contributed by atoms with Gasteiger partial charge in [-0.3, -0.25) is 0 Å². The van der Waals surface area contributed by atoms with E-state index in [0.29, 0.717) is 5.75 Å². The van der Waals surface area contributed by atoms with E-state index in [9.17, 15) is 31.5 Å². The molecule has 2 aromatic rings. The highest BCUT2D eigenvalue weighted by Gasteiger charge is 2.39. The summed E-state index contributed by atoms with van der Waals surface area (Å²) < 4.78 is 73.7. The Morgan fingerprint density at radius 3 is 1.94 bits per heavy atom. The SMILES string of the molecule is CC(C)(C)[Si](C)(C)Oc1cccc(C(=O)OCC(F)F)c1.O=C(OCC(F)(F)F)c1cccc(O)c1. The second kappa shape index (κ2) is 12.7. The van der Waals surface area contributed by atoms with Crippen molar-refractivity contribution in [1.82, 2.24) is 0 Å². The number of alkyl halides is 5. The third kappa shape index (κ3) is 11.1. The first kappa shape index (κ1) is 30.9. The molecule has 0 atom stereocenters. The number of phenols is 1. The first-order valence-electron chi connectivity index (χ1n) is 10.7. The van der Waals surface area contributed by atoms with Crippen LogP contribution in [0.3, 0.4) is 0 Å². The summed E-state index contributed by atoms with van der Waals surface area (Å²) in [6.45, 7) is 7.98. The lowest BCUT2D eigenvalue weighted by Crippen LogP contribution is -2.43. The van der Waals surface area contributed by atoms with Crippen LogP contribution in [0.4, 0.5) is 22.0 Å². The minimum atomic E-state index is -4.55. The molecular weight excluding hydrogens is 507 g/mol. The molecule has 0 aliphatic heterocycles. The summed E-state index contributed by atoms with van der Waals surface area (Å²) in [5.41, 5.74) is 0.0890. The van der Waals surface area contributed by atoms with Crippen LogP contribution in [0, 0.1) is 0 Å². The molecule has 2 rings (SSSR count). The summed E-state index contributed by atoms with van der Waals surface area (Å²) in [6, 6.07) is 11.4. The number of ether oxygens (including phenoxy) is 2. The number of rotatable bonds is 7. The average molecular weight is 537 g/mol. The molecule has 12 heteroatoms. The van der Waals surface area contributed by atoms with Gasteiger partial charge in [-0.15, -0.1) is 0 Å². The van der Waals surface area contributed by atoms with Gasteiger partial charge in [0.05, 0.1) is 11.1 Å². The lowest BCUT2D eigenvalue weighted by Gasteiger charge is -2.36. The van der Waals surface area contributed by atoms with E-state index in [1.54, 1.807) is 12.1 Å². The van der Waals surface area contributed by atoms with E-state index in [1.165, 1.54) is 30.3 Å². The lowest BCUT2D eigenvalue weighted by molar-refractivity contribution is -0.161. The number of carbonyl (C=O) groups excluding carboxylic acids is 2. The highest BCUT2D eigenvalue weighted by Crippen LogP contribution is 2.37. The van der Waals surface area contributed by atoms with Crippen molar-refractivity contribution in [2.24, 2.45) is 0 Å². The van der Waals surface area contributed by atoms with E-state index < -0.39 is 46.1 Å². The van der Waals surface area contributed by atoms with Gasteiger partial charge in [0.15, 0.2) is 13.2 Å². The van der Waals surface area contributed by atoms with Gasteiger partial charge in [0.2, 0.25) is 8.32 Å². The Balaban J connectivity index is 0.000000381. The Morgan fingerprint density at radius 1 is 0.917 bits per heavy atom. The highest BCUT2D eigenvalue weighted by molar-refractivity contribution is 6.74. The maximum atomic E-state index is 12.0. The Bertz CT molecular complexity index is 1020. The Hall–Kier alpha value is -3.15. The molecule has 0 aliphatic carbocycles. The Labute approximate surface area is 207 Å². The standard InChI is InChI=1S/C15H22F2O3Si.C9H7F3O3/c1-15(2,3)21(4,5)20-12-8-6-7-11(9-12)14(18)19-10-13(16)17;10-9(11,12)5-15-8(14)6-2-1-3-7(13)4-6/h6-9,13H,10H2,1-5H3;1-4,13H,5H2. The van der Waals surface area contributed by atoms with Gasteiger partial charge in [-0.1, -0.05) is 32.9 Å². The van der Waals surface area contributed by atoms with E-state index in [1.807, 2.05) is 0 Å². The minimum absolute atomic E-state index is 0.0270. The zero-order chi connectivity index (χ0) is 27.7. The molecule has 0 saturated carbocycles. The predicted molar refractivity (Wildman–Crippen MR) is 125 cm³/mol. The smallest absolute Gasteiger partial charge is 0.422 e. The van der Waals surface area contributed by atoms with Gasteiger partial charge < -0.3 is 19.0 Å². The summed E-state index contributed by atoms with van der Waals surface area (Å²) in [7, 11) is -2.01. The molecule has 0 radical (unpaired) electrons. The summed E-state index contributed by atoms with van der Waals surface area (Å²) >= 11 is 0. The van der Waals surface area contributed by atoms with Crippen molar-refractivity contribution in [2.75, 3.05) is 13.2 Å². The third-order valence-electron chi connectivity index (χ3n) is 5.04. The molecule has 1 N–H and O–H groups in total. The van der Waals surface area contributed by atoms with Crippen LogP contribution < -0.4 is 4.43 Å². The quantitative estimate of drug-likeness (QED) is 0.244. The van der Waals surface area contributed by atoms with Gasteiger partial charge in [0.1, 0.15) is 11.5 Å². The van der Waals surface area contributed by atoms with Crippen LogP contribution in [0.5, 0.6) is 11.5 Å². The van der Waals surface area contributed by atoms with E-state index in [2.05, 4.69) is 43.3 Å². The van der Waals surface area contributed by atoms with Gasteiger partial charge in [0, 0.05) is 0 Å². The van der Waals surface area contributed by atoms with Crippen molar-refractivity contribution in [3.63, 3.8) is 0 Å². The monoisotopic (exact) mass is 536 g/mol. The fraction of sp³-hybridized carbons (Fsp3) is 0.417. The molecule has 0 saturated heterocycles. The van der Waals surface area contributed by atoms with E-state index in [4.69, 9.17) is 9.53 Å². The second-order valence-electron chi connectivity index (χ2n) is 9.12. The molecule has 6 nitrogen and oxygen atoms in total. The van der Waals surface area contributed by atoms with Gasteiger partial charge >= 0.3 is 18.1 Å². The van der Waals surface area contributed by atoms with Gasteiger partial charge in [-0.25, -0.2) is 18.4 Å². The van der Waals surface area contributed by atoms with Crippen molar-refractivity contribution in [3.8, 4) is 11.5 Å². The number of halogens is 5. The highest BCUT2D eigenvalue weighted by atomic mass is 28.4. The van der Waals surface area contributed by atoms with E-state index >= 15 is 0 Å². The first-order chi connectivity index (χ1) is 16.4. The molecule has 0 unspecified atom stereocenters. The van der Waals surface area contributed by atoms with Gasteiger partial charge in [-0.05, 0) is 54.5 Å².